The molecule has 4 nitrogen and oxygen atoms in total. The third-order valence-electron chi connectivity index (χ3n) is 3.72. The number of aryl methyl sites for hydroxylation is 2. The molecule has 2 aromatic rings. The Kier molecular flexibility index (Phi) is 4.09. The van der Waals surface area contributed by atoms with Gasteiger partial charge in [0.05, 0.1) is 22.8 Å². The molecule has 3 rings (SSSR count). The molecule has 23 heavy (non-hydrogen) atoms. The maximum atomic E-state index is 12.1. The van der Waals surface area contributed by atoms with E-state index < -0.39 is 11.7 Å². The summed E-state index contributed by atoms with van der Waals surface area (Å²) in [5.74, 6) is -0.328. The number of para-hydroxylation sites is 1. The number of anilines is 1. The van der Waals surface area contributed by atoms with Crippen LogP contribution in [0.4, 0.5) is 5.69 Å². The number of carbonyl (C=O) groups is 2. The van der Waals surface area contributed by atoms with Crippen molar-refractivity contribution < 1.29 is 14.3 Å². The lowest BCUT2D eigenvalue weighted by atomic mass is 10.1. The summed E-state index contributed by atoms with van der Waals surface area (Å²) in [4.78, 5) is 25.5. The highest BCUT2D eigenvalue weighted by molar-refractivity contribution is 6.54. The number of ether oxygens (including phenoxy) is 1. The second kappa shape index (κ2) is 6.05. The lowest BCUT2D eigenvalue weighted by Gasteiger charge is -2.18. The van der Waals surface area contributed by atoms with E-state index in [0.29, 0.717) is 16.3 Å². The minimum atomic E-state index is -0.558. The van der Waals surface area contributed by atoms with Gasteiger partial charge in [-0.1, -0.05) is 23.7 Å². The Labute approximate surface area is 139 Å². The first-order valence-corrected chi connectivity index (χ1v) is 7.71. The van der Waals surface area contributed by atoms with E-state index in [-0.39, 0.29) is 13.2 Å². The summed E-state index contributed by atoms with van der Waals surface area (Å²) in [7, 11) is 0. The molecule has 0 N–H and O–H groups in total. The predicted octanol–water partition coefficient (Wildman–Crippen LogP) is 3.57. The van der Waals surface area contributed by atoms with Gasteiger partial charge in [0.2, 0.25) is 0 Å². The van der Waals surface area contributed by atoms with Crippen molar-refractivity contribution in [1.82, 2.24) is 0 Å². The number of fused-ring (bicyclic) bond motifs is 1. The van der Waals surface area contributed by atoms with E-state index in [1.165, 1.54) is 4.90 Å². The van der Waals surface area contributed by atoms with Crippen LogP contribution in [0.5, 0.6) is 5.75 Å². The number of halogens is 1. The van der Waals surface area contributed by atoms with E-state index in [0.717, 1.165) is 16.9 Å². The molecule has 1 heterocycles. The first-order chi connectivity index (χ1) is 11.0. The zero-order chi connectivity index (χ0) is 16.6. The Balaban J connectivity index is 1.74. The Morgan fingerprint density at radius 1 is 1.09 bits per heavy atom. The van der Waals surface area contributed by atoms with Gasteiger partial charge < -0.3 is 4.74 Å². The predicted molar refractivity (Wildman–Crippen MR) is 89.5 cm³/mol. The summed E-state index contributed by atoms with van der Waals surface area (Å²) in [5, 5.41) is 0.396. The van der Waals surface area contributed by atoms with Crippen LogP contribution in [-0.4, -0.2) is 24.8 Å². The zero-order valence-corrected chi connectivity index (χ0v) is 13.7. The average molecular weight is 330 g/mol. The molecule has 5 heteroatoms. The number of amides is 1. The van der Waals surface area contributed by atoms with Gasteiger partial charge in [0, 0.05) is 0 Å². The summed E-state index contributed by atoms with van der Waals surface area (Å²) in [6.07, 6.45) is 0. The summed E-state index contributed by atoms with van der Waals surface area (Å²) < 4.78 is 5.72. The lowest BCUT2D eigenvalue weighted by Crippen LogP contribution is -2.33. The zero-order valence-electron chi connectivity index (χ0n) is 12.9. The van der Waals surface area contributed by atoms with Crippen molar-refractivity contribution in [1.29, 1.82) is 0 Å². The number of ketones is 1. The van der Waals surface area contributed by atoms with E-state index in [2.05, 4.69) is 6.07 Å². The molecular formula is C18H16ClNO3. The Morgan fingerprint density at radius 3 is 2.48 bits per heavy atom. The largest absolute Gasteiger partial charge is 0.492 e. The second-order valence-corrected chi connectivity index (χ2v) is 6.00. The summed E-state index contributed by atoms with van der Waals surface area (Å²) >= 11 is 6.15. The summed E-state index contributed by atoms with van der Waals surface area (Å²) in [6, 6.07) is 10.9. The molecule has 0 saturated carbocycles. The standard InChI is InChI=1S/C18H16ClNO3/c1-11-8-12(2)10-13(9-11)23-7-6-20-16-14(17(21)18(20)22)4-3-5-15(16)19/h3-5,8-10H,6-7H2,1-2H3. The minimum absolute atomic E-state index is 0.272. The number of rotatable bonds is 4. The Morgan fingerprint density at radius 2 is 1.78 bits per heavy atom. The summed E-state index contributed by atoms with van der Waals surface area (Å²) in [5.41, 5.74) is 3.06. The first-order valence-electron chi connectivity index (χ1n) is 7.33. The third kappa shape index (κ3) is 2.94. The van der Waals surface area contributed by atoms with Gasteiger partial charge in [0.25, 0.3) is 11.7 Å². The number of carbonyl (C=O) groups excluding carboxylic acids is 2. The maximum Gasteiger partial charge on any atom is 0.299 e. The molecule has 0 unspecified atom stereocenters. The number of hydrogen-bond donors (Lipinski definition) is 0. The fourth-order valence-corrected chi connectivity index (χ4v) is 3.07. The SMILES string of the molecule is Cc1cc(C)cc(OCCN2C(=O)C(=O)c3cccc(Cl)c32)c1. The van der Waals surface area contributed by atoms with Crippen molar-refractivity contribution in [3.05, 3.63) is 58.1 Å². The molecular weight excluding hydrogens is 314 g/mol. The smallest absolute Gasteiger partial charge is 0.299 e. The highest BCUT2D eigenvalue weighted by Crippen LogP contribution is 2.35. The number of hydrogen-bond acceptors (Lipinski definition) is 3. The van der Waals surface area contributed by atoms with Gasteiger partial charge in [-0.05, 0) is 49.2 Å². The number of Topliss-reactive ketones (excluding diaryl/α,β-unsaturated/α-hetero) is 1. The molecule has 0 aromatic heterocycles. The minimum Gasteiger partial charge on any atom is -0.492 e. The van der Waals surface area contributed by atoms with Gasteiger partial charge in [0.1, 0.15) is 12.4 Å². The molecule has 0 atom stereocenters. The molecule has 118 valence electrons. The van der Waals surface area contributed by atoms with Crippen molar-refractivity contribution in [3.8, 4) is 5.75 Å². The third-order valence-corrected chi connectivity index (χ3v) is 4.02. The van der Waals surface area contributed by atoms with E-state index in [1.54, 1.807) is 18.2 Å². The van der Waals surface area contributed by atoms with E-state index >= 15 is 0 Å². The van der Waals surface area contributed by atoms with Crippen LogP contribution in [0.3, 0.4) is 0 Å². The van der Waals surface area contributed by atoms with Crippen LogP contribution in [0.25, 0.3) is 0 Å². The molecule has 0 saturated heterocycles. The fraction of sp³-hybridized carbons (Fsp3) is 0.222. The van der Waals surface area contributed by atoms with Gasteiger partial charge in [-0.15, -0.1) is 0 Å². The van der Waals surface area contributed by atoms with E-state index in [9.17, 15) is 9.59 Å². The molecule has 0 aliphatic carbocycles. The van der Waals surface area contributed by atoms with Crippen LogP contribution in [0, 0.1) is 13.8 Å². The Bertz CT molecular complexity index is 781. The first kappa shape index (κ1) is 15.6. The topological polar surface area (TPSA) is 46.6 Å². The van der Waals surface area contributed by atoms with Gasteiger partial charge in [-0.3, -0.25) is 14.5 Å². The van der Waals surface area contributed by atoms with Crippen molar-refractivity contribution >= 4 is 29.0 Å². The van der Waals surface area contributed by atoms with Crippen molar-refractivity contribution in [2.75, 3.05) is 18.1 Å². The molecule has 2 aromatic carbocycles. The second-order valence-electron chi connectivity index (χ2n) is 5.59. The van der Waals surface area contributed by atoms with Crippen LogP contribution in [0.15, 0.2) is 36.4 Å². The maximum absolute atomic E-state index is 12.1. The molecule has 0 spiro atoms. The van der Waals surface area contributed by atoms with Gasteiger partial charge in [0.15, 0.2) is 0 Å². The highest BCUT2D eigenvalue weighted by Gasteiger charge is 2.37. The van der Waals surface area contributed by atoms with Gasteiger partial charge in [-0.2, -0.15) is 0 Å². The van der Waals surface area contributed by atoms with Crippen molar-refractivity contribution in [3.63, 3.8) is 0 Å². The normalized spacial score (nSPS) is 13.4. The van der Waals surface area contributed by atoms with Crippen LogP contribution >= 0.6 is 11.6 Å². The van der Waals surface area contributed by atoms with Crippen molar-refractivity contribution in [2.24, 2.45) is 0 Å². The fourth-order valence-electron chi connectivity index (χ4n) is 2.80. The Hall–Kier alpha value is -2.33. The van der Waals surface area contributed by atoms with E-state index in [1.807, 2.05) is 26.0 Å². The number of nitrogens with zero attached hydrogens (tertiary/aromatic N) is 1. The van der Waals surface area contributed by atoms with Crippen LogP contribution in [-0.2, 0) is 4.79 Å². The number of benzene rings is 2. The average Bonchev–Trinajstić information content (AvgIpc) is 2.73. The summed E-state index contributed by atoms with van der Waals surface area (Å²) in [6.45, 7) is 4.55. The highest BCUT2D eigenvalue weighted by atomic mass is 35.5. The monoisotopic (exact) mass is 329 g/mol. The molecule has 1 amide bonds. The molecule has 0 radical (unpaired) electrons. The van der Waals surface area contributed by atoms with Gasteiger partial charge >= 0.3 is 0 Å². The molecule has 1 aliphatic rings. The van der Waals surface area contributed by atoms with E-state index in [4.69, 9.17) is 16.3 Å². The lowest BCUT2D eigenvalue weighted by molar-refractivity contribution is -0.114. The quantitative estimate of drug-likeness (QED) is 0.806. The molecule has 0 fully saturated rings. The van der Waals surface area contributed by atoms with Crippen molar-refractivity contribution in [2.45, 2.75) is 13.8 Å². The molecule has 0 bridgehead atoms. The molecule has 1 aliphatic heterocycles. The van der Waals surface area contributed by atoms with Crippen LogP contribution in [0.1, 0.15) is 21.5 Å². The van der Waals surface area contributed by atoms with Crippen LogP contribution in [0.2, 0.25) is 5.02 Å². The van der Waals surface area contributed by atoms with Crippen LogP contribution < -0.4 is 9.64 Å². The van der Waals surface area contributed by atoms with Gasteiger partial charge in [-0.25, -0.2) is 0 Å².